The number of fused-ring (bicyclic) bond motifs is 1. The van der Waals surface area contributed by atoms with Gasteiger partial charge in [0.25, 0.3) is 0 Å². The normalized spacial score (nSPS) is 15.7. The number of benzene rings is 2. The van der Waals surface area contributed by atoms with Crippen LogP contribution in [0, 0.1) is 12.3 Å². The maximum Gasteiger partial charge on any atom is 0.230 e. The molecule has 11 nitrogen and oxygen atoms in total. The summed E-state index contributed by atoms with van der Waals surface area (Å²) in [5, 5.41) is 19.5. The van der Waals surface area contributed by atoms with E-state index in [0.29, 0.717) is 24.6 Å². The zero-order valence-electron chi connectivity index (χ0n) is 33.9. The number of carbonyl (C=O) groups is 2. The van der Waals surface area contributed by atoms with Gasteiger partial charge in [-0.1, -0.05) is 98.3 Å². The number of rotatable bonds is 14. The molecule has 3 N–H and O–H groups in total. The van der Waals surface area contributed by atoms with Crippen molar-refractivity contribution < 1.29 is 14.1 Å². The molecule has 2 saturated heterocycles. The van der Waals surface area contributed by atoms with Crippen LogP contribution in [-0.4, -0.2) is 65.4 Å². The zero-order valence-corrected chi connectivity index (χ0v) is 35.6. The Morgan fingerprint density at radius 1 is 0.983 bits per heavy atom. The Hall–Kier alpha value is -5.14. The molecule has 3 aliphatic rings. The molecule has 6 heterocycles. The number of anilines is 2. The molecule has 4 aromatic heterocycles. The molecule has 2 amide bonds. The van der Waals surface area contributed by atoms with E-state index < -0.39 is 0 Å². The van der Waals surface area contributed by atoms with Gasteiger partial charge < -0.3 is 25.4 Å². The third-order valence-corrected chi connectivity index (χ3v) is 13.4. The molecule has 0 bridgehead atoms. The topological polar surface area (TPSA) is 143 Å². The Labute approximate surface area is 349 Å². The van der Waals surface area contributed by atoms with Crippen molar-refractivity contribution >= 4 is 56.0 Å². The van der Waals surface area contributed by atoms with Gasteiger partial charge in [-0.2, -0.15) is 0 Å². The van der Waals surface area contributed by atoms with Crippen molar-refractivity contribution in [3.8, 4) is 21.7 Å². The lowest BCUT2D eigenvalue weighted by Crippen LogP contribution is -2.72. The largest absolute Gasteiger partial charge is 0.372 e. The number of amides is 2. The average molecular weight is 819 g/mol. The second-order valence-corrected chi connectivity index (χ2v) is 17.2. The second-order valence-electron chi connectivity index (χ2n) is 15.4. The molecule has 1 aliphatic carbocycles. The first kappa shape index (κ1) is 41.0. The summed E-state index contributed by atoms with van der Waals surface area (Å²) in [7, 11) is 0. The van der Waals surface area contributed by atoms with E-state index in [1.807, 2.05) is 38.4 Å². The summed E-state index contributed by atoms with van der Waals surface area (Å²) in [4.78, 5) is 33.3. The van der Waals surface area contributed by atoms with E-state index in [1.54, 1.807) is 22.7 Å². The number of carbonyl (C=O) groups excluding carboxylic acids is 2. The molecular formula is C45H54N8O3S2. The maximum atomic E-state index is 13.2. The maximum absolute atomic E-state index is 13.2. The minimum atomic E-state index is -0.328. The van der Waals surface area contributed by atoms with Crippen molar-refractivity contribution in [3.05, 3.63) is 94.8 Å². The number of thiophene rings is 1. The van der Waals surface area contributed by atoms with Crippen LogP contribution in [0.5, 0.6) is 0 Å². The van der Waals surface area contributed by atoms with E-state index in [2.05, 4.69) is 103 Å². The SMILES string of the molecule is CC.CCC(C(=O)NCCCCCc1ccc(-c2scnc2C)cc1)c1cc(N2CC3(C2)CN(c2sc4nnc(-c5ccccc5)cc4c2C2CC2)C3)no1.NC=O. The summed E-state index contributed by atoms with van der Waals surface area (Å²) in [6.45, 7) is 12.8. The Bertz CT molecular complexity index is 2270. The number of aryl methyl sites for hydroxylation is 2. The monoisotopic (exact) mass is 818 g/mol. The molecule has 1 saturated carbocycles. The molecule has 2 aromatic carbocycles. The lowest BCUT2D eigenvalue weighted by molar-refractivity contribution is -0.123. The van der Waals surface area contributed by atoms with Crippen molar-refractivity contribution in [1.29, 1.82) is 0 Å². The number of thiazole rings is 1. The molecule has 1 spiro atoms. The van der Waals surface area contributed by atoms with Crippen LogP contribution in [0.4, 0.5) is 10.8 Å². The van der Waals surface area contributed by atoms with E-state index in [0.717, 1.165) is 79.5 Å². The summed E-state index contributed by atoms with van der Waals surface area (Å²) < 4.78 is 5.79. The van der Waals surface area contributed by atoms with Crippen LogP contribution in [0.1, 0.15) is 93.7 Å². The molecule has 1 atom stereocenters. The highest BCUT2D eigenvalue weighted by molar-refractivity contribution is 7.22. The Balaban J connectivity index is 0.000000980. The minimum absolute atomic E-state index is 0.0224. The highest BCUT2D eigenvalue weighted by Gasteiger charge is 2.53. The van der Waals surface area contributed by atoms with Gasteiger partial charge in [0.05, 0.1) is 32.7 Å². The summed E-state index contributed by atoms with van der Waals surface area (Å²) in [6, 6.07) is 23.4. The molecule has 1 unspecified atom stereocenters. The van der Waals surface area contributed by atoms with Crippen LogP contribution in [0.2, 0.25) is 0 Å². The molecule has 304 valence electrons. The predicted octanol–water partition coefficient (Wildman–Crippen LogP) is 9.13. The molecule has 9 rings (SSSR count). The standard InChI is InChI=1S/C42H45N7O2S2.C2H6.CH3NO/c1-3-32(39(50)43-19-9-5-6-10-28-13-15-31(16-14-28)38-27(2)44-26-52-38)35-21-36(47-51-35)48-22-42(23-48)24-49(25-42)41-37(30-17-18-30)33-20-34(45-46-40(33)53-41)29-11-7-4-8-12-29;1-2;2-1-3/h4,7-8,11-16,20-21,26,30,32H,3,5-6,9-10,17-19,22-25H2,1-2H3,(H,43,50);1-2H3;1H,(H2,2,3). The van der Waals surface area contributed by atoms with Gasteiger partial charge >= 0.3 is 0 Å². The lowest BCUT2D eigenvalue weighted by atomic mass is 9.73. The highest BCUT2D eigenvalue weighted by atomic mass is 32.1. The smallest absolute Gasteiger partial charge is 0.230 e. The Morgan fingerprint density at radius 2 is 1.71 bits per heavy atom. The van der Waals surface area contributed by atoms with Gasteiger partial charge in [0, 0.05) is 55.2 Å². The number of hydrogen-bond donors (Lipinski definition) is 2. The van der Waals surface area contributed by atoms with Gasteiger partial charge in [-0.3, -0.25) is 9.59 Å². The predicted molar refractivity (Wildman–Crippen MR) is 236 cm³/mol. The van der Waals surface area contributed by atoms with E-state index in [9.17, 15) is 4.79 Å². The van der Waals surface area contributed by atoms with E-state index in [-0.39, 0.29) is 23.7 Å². The fraction of sp³-hybridized carbons (Fsp3) is 0.422. The first-order chi connectivity index (χ1) is 28.4. The van der Waals surface area contributed by atoms with Gasteiger partial charge in [0.1, 0.15) is 4.83 Å². The third kappa shape index (κ3) is 8.95. The van der Waals surface area contributed by atoms with Crippen molar-refractivity contribution in [1.82, 2.24) is 25.7 Å². The van der Waals surface area contributed by atoms with Crippen LogP contribution in [0.3, 0.4) is 0 Å². The van der Waals surface area contributed by atoms with Crippen LogP contribution in [0.15, 0.2) is 76.8 Å². The number of nitrogens with zero attached hydrogens (tertiary/aromatic N) is 6. The molecule has 6 aromatic rings. The van der Waals surface area contributed by atoms with Crippen molar-refractivity contribution in [2.24, 2.45) is 11.1 Å². The molecule has 13 heteroatoms. The Morgan fingerprint density at radius 3 is 2.38 bits per heavy atom. The average Bonchev–Trinajstić information content (AvgIpc) is 3.58. The molecule has 58 heavy (non-hydrogen) atoms. The first-order valence-corrected chi connectivity index (χ1v) is 22.3. The fourth-order valence-corrected chi connectivity index (χ4v) is 10.2. The van der Waals surface area contributed by atoms with Crippen LogP contribution in [0.25, 0.3) is 31.9 Å². The van der Waals surface area contributed by atoms with E-state index >= 15 is 0 Å². The fourth-order valence-electron chi connectivity index (χ4n) is 8.17. The zero-order chi connectivity index (χ0) is 40.6. The molecule has 3 fully saturated rings. The van der Waals surface area contributed by atoms with Crippen LogP contribution in [-0.2, 0) is 16.0 Å². The van der Waals surface area contributed by atoms with E-state index in [4.69, 9.17) is 9.32 Å². The van der Waals surface area contributed by atoms with Gasteiger partial charge in [-0.05, 0) is 74.1 Å². The lowest BCUT2D eigenvalue weighted by Gasteiger charge is -2.60. The van der Waals surface area contributed by atoms with Crippen molar-refractivity contribution in [2.45, 2.75) is 84.5 Å². The van der Waals surface area contributed by atoms with Crippen molar-refractivity contribution in [3.63, 3.8) is 0 Å². The number of nitrogens with two attached hydrogens (primary N) is 1. The Kier molecular flexibility index (Phi) is 13.2. The first-order valence-electron chi connectivity index (χ1n) is 20.6. The summed E-state index contributed by atoms with van der Waals surface area (Å²) in [5.41, 5.74) is 13.5. The number of primary amides is 1. The highest BCUT2D eigenvalue weighted by Crippen LogP contribution is 2.54. The van der Waals surface area contributed by atoms with Gasteiger partial charge in [0.15, 0.2) is 11.6 Å². The third-order valence-electron chi connectivity index (χ3n) is 11.2. The van der Waals surface area contributed by atoms with Crippen molar-refractivity contribution in [2.75, 3.05) is 42.5 Å². The summed E-state index contributed by atoms with van der Waals surface area (Å²) >= 11 is 3.49. The van der Waals surface area contributed by atoms with Gasteiger partial charge in [0.2, 0.25) is 12.3 Å². The van der Waals surface area contributed by atoms with E-state index in [1.165, 1.54) is 44.8 Å². The molecular weight excluding hydrogens is 765 g/mol. The number of nitrogens with one attached hydrogen (secondary N) is 1. The summed E-state index contributed by atoms with van der Waals surface area (Å²) in [6.07, 6.45) is 7.61. The number of unbranched alkanes of at least 4 members (excludes halogenated alkanes) is 2. The van der Waals surface area contributed by atoms with Gasteiger partial charge in [-0.15, -0.1) is 21.5 Å². The van der Waals surface area contributed by atoms with Crippen LogP contribution >= 0.6 is 22.7 Å². The molecule has 0 radical (unpaired) electrons. The van der Waals surface area contributed by atoms with Gasteiger partial charge in [-0.25, -0.2) is 4.98 Å². The minimum Gasteiger partial charge on any atom is -0.372 e. The van der Waals surface area contributed by atoms with Crippen LogP contribution < -0.4 is 20.9 Å². The number of aromatic nitrogens is 4. The summed E-state index contributed by atoms with van der Waals surface area (Å²) in [5.74, 6) is 1.82. The number of hydrogen-bond acceptors (Lipinski definition) is 11. The second kappa shape index (κ2) is 18.6. The molecule has 2 aliphatic heterocycles. The quantitative estimate of drug-likeness (QED) is 0.0813.